The minimum absolute atomic E-state index is 0.346. The first-order chi connectivity index (χ1) is 9.08. The van der Waals surface area contributed by atoms with Crippen molar-refractivity contribution < 1.29 is 9.53 Å². The number of anilines is 1. The van der Waals surface area contributed by atoms with E-state index >= 15 is 0 Å². The second kappa shape index (κ2) is 5.93. The molecule has 4 N–H and O–H groups in total. The van der Waals surface area contributed by atoms with Gasteiger partial charge in [0.15, 0.2) is 0 Å². The molecule has 0 spiro atoms. The maximum absolute atomic E-state index is 11.4. The van der Waals surface area contributed by atoms with Gasteiger partial charge in [0, 0.05) is 11.7 Å². The van der Waals surface area contributed by atoms with Gasteiger partial charge in [0.05, 0.1) is 5.56 Å². The van der Waals surface area contributed by atoms with Crippen LogP contribution < -0.4 is 16.2 Å². The number of amides is 1. The van der Waals surface area contributed by atoms with E-state index in [4.69, 9.17) is 16.2 Å². The Hall–Kier alpha value is -1.75. The van der Waals surface area contributed by atoms with Gasteiger partial charge in [0.25, 0.3) is 5.91 Å². The fourth-order valence-electron chi connectivity index (χ4n) is 2.41. The number of likely N-dealkylation sites (N-methyl/N-ethyl adjacent to an activating group) is 1. The molecule has 1 aliphatic rings. The summed E-state index contributed by atoms with van der Waals surface area (Å²) in [4.78, 5) is 13.7. The van der Waals surface area contributed by atoms with Gasteiger partial charge in [-0.2, -0.15) is 0 Å². The van der Waals surface area contributed by atoms with Crippen LogP contribution in [0.3, 0.4) is 0 Å². The van der Waals surface area contributed by atoms with Crippen LogP contribution in [0, 0.1) is 0 Å². The molecule has 19 heavy (non-hydrogen) atoms. The van der Waals surface area contributed by atoms with Crippen molar-refractivity contribution in [3.8, 4) is 5.75 Å². The summed E-state index contributed by atoms with van der Waals surface area (Å²) in [5.41, 5.74) is 11.8. The van der Waals surface area contributed by atoms with Gasteiger partial charge >= 0.3 is 0 Å². The monoisotopic (exact) mass is 263 g/mol. The normalized spacial score (nSPS) is 20.2. The molecule has 104 valence electrons. The lowest BCUT2D eigenvalue weighted by molar-refractivity contribution is 0.0987. The molecule has 5 nitrogen and oxygen atoms in total. The number of carbonyl (C=O) groups excluding carboxylic acids is 1. The van der Waals surface area contributed by atoms with Crippen LogP contribution in [0.4, 0.5) is 5.69 Å². The van der Waals surface area contributed by atoms with Crippen LogP contribution in [0.1, 0.15) is 29.6 Å². The van der Waals surface area contributed by atoms with Gasteiger partial charge in [-0.25, -0.2) is 0 Å². The molecule has 2 rings (SSSR count). The number of ether oxygens (including phenoxy) is 1. The van der Waals surface area contributed by atoms with Gasteiger partial charge in [0.2, 0.25) is 0 Å². The van der Waals surface area contributed by atoms with Gasteiger partial charge in [-0.3, -0.25) is 4.79 Å². The first kappa shape index (κ1) is 13.7. The number of nitrogens with two attached hydrogens (primary N) is 2. The van der Waals surface area contributed by atoms with Crippen molar-refractivity contribution >= 4 is 11.6 Å². The summed E-state index contributed by atoms with van der Waals surface area (Å²) in [6.45, 7) is 1.67. The lowest BCUT2D eigenvalue weighted by Gasteiger charge is -2.32. The van der Waals surface area contributed by atoms with E-state index in [2.05, 4.69) is 11.9 Å². The smallest absolute Gasteiger partial charge is 0.252 e. The second-order valence-corrected chi connectivity index (χ2v) is 5.06. The number of nitrogen functional groups attached to an aromatic ring is 1. The van der Waals surface area contributed by atoms with E-state index in [1.807, 2.05) is 0 Å². The molecule has 1 aromatic carbocycles. The van der Waals surface area contributed by atoms with Crippen molar-refractivity contribution in [3.63, 3.8) is 0 Å². The fraction of sp³-hybridized carbons (Fsp3) is 0.500. The summed E-state index contributed by atoms with van der Waals surface area (Å²) >= 11 is 0. The number of piperidine rings is 1. The number of carbonyl (C=O) groups is 1. The van der Waals surface area contributed by atoms with E-state index in [1.165, 1.54) is 12.8 Å². The lowest BCUT2D eigenvalue weighted by atomic mass is 10.0. The van der Waals surface area contributed by atoms with Crippen LogP contribution in [-0.2, 0) is 0 Å². The summed E-state index contributed by atoms with van der Waals surface area (Å²) in [6, 6.07) is 5.37. The zero-order chi connectivity index (χ0) is 13.8. The predicted octanol–water partition coefficient (Wildman–Crippen LogP) is 1.23. The maximum atomic E-state index is 11.4. The molecule has 0 bridgehead atoms. The largest absolute Gasteiger partial charge is 0.491 e. The van der Waals surface area contributed by atoms with Gasteiger partial charge in [-0.15, -0.1) is 0 Å². The zero-order valence-corrected chi connectivity index (χ0v) is 11.3. The standard InChI is InChI=1S/C14H21N3O2/c1-17-7-3-2-4-11(17)9-19-13-6-5-10(15)8-12(13)14(16)18/h5-6,8,11H,2-4,7,9,15H2,1H3,(H2,16,18). The van der Waals surface area contributed by atoms with E-state index in [-0.39, 0.29) is 0 Å². The third-order valence-corrected chi connectivity index (χ3v) is 3.62. The van der Waals surface area contributed by atoms with Crippen LogP contribution in [0.25, 0.3) is 0 Å². The highest BCUT2D eigenvalue weighted by Gasteiger charge is 2.20. The molecular weight excluding hydrogens is 242 g/mol. The van der Waals surface area contributed by atoms with E-state index in [0.717, 1.165) is 13.0 Å². The lowest BCUT2D eigenvalue weighted by Crippen LogP contribution is -2.40. The van der Waals surface area contributed by atoms with Gasteiger partial charge in [-0.05, 0) is 44.6 Å². The molecule has 5 heteroatoms. The van der Waals surface area contributed by atoms with Crippen LogP contribution in [0.15, 0.2) is 18.2 Å². The molecule has 1 fully saturated rings. The molecule has 1 aromatic rings. The Morgan fingerprint density at radius 3 is 2.95 bits per heavy atom. The average molecular weight is 263 g/mol. The predicted molar refractivity (Wildman–Crippen MR) is 75.1 cm³/mol. The highest BCUT2D eigenvalue weighted by atomic mass is 16.5. The number of hydrogen-bond acceptors (Lipinski definition) is 4. The summed E-state index contributed by atoms with van der Waals surface area (Å²) < 4.78 is 5.77. The molecule has 0 aliphatic carbocycles. The van der Waals surface area contributed by atoms with Crippen LogP contribution >= 0.6 is 0 Å². The van der Waals surface area contributed by atoms with Crippen LogP contribution in [0.2, 0.25) is 0 Å². The van der Waals surface area contributed by atoms with E-state index < -0.39 is 5.91 Å². The van der Waals surface area contributed by atoms with Gasteiger partial charge < -0.3 is 21.1 Å². The molecule has 0 radical (unpaired) electrons. The molecular formula is C14H21N3O2. The molecule has 0 saturated carbocycles. The number of likely N-dealkylation sites (tertiary alicyclic amines) is 1. The number of rotatable bonds is 4. The Balaban J connectivity index is 2.04. The molecule has 0 aromatic heterocycles. The Labute approximate surface area is 113 Å². The Morgan fingerprint density at radius 2 is 2.26 bits per heavy atom. The third-order valence-electron chi connectivity index (χ3n) is 3.62. The van der Waals surface area contributed by atoms with Crippen molar-refractivity contribution in [2.24, 2.45) is 5.73 Å². The minimum atomic E-state index is -0.515. The summed E-state index contributed by atoms with van der Waals surface area (Å²) in [5, 5.41) is 0. The third kappa shape index (κ3) is 3.38. The van der Waals surface area contributed by atoms with E-state index in [9.17, 15) is 4.79 Å². The van der Waals surface area contributed by atoms with Gasteiger partial charge in [0.1, 0.15) is 12.4 Å². The quantitative estimate of drug-likeness (QED) is 0.801. The molecule has 1 amide bonds. The number of nitrogens with zero attached hydrogens (tertiary/aromatic N) is 1. The first-order valence-corrected chi connectivity index (χ1v) is 6.60. The van der Waals surface area contributed by atoms with Crippen molar-refractivity contribution in [1.82, 2.24) is 4.90 Å². The Bertz CT molecular complexity index is 462. The molecule has 1 saturated heterocycles. The SMILES string of the molecule is CN1CCCCC1COc1ccc(N)cc1C(N)=O. The van der Waals surface area contributed by atoms with E-state index in [0.29, 0.717) is 29.6 Å². The summed E-state index contributed by atoms with van der Waals surface area (Å²) in [6.07, 6.45) is 3.58. The number of benzene rings is 1. The highest BCUT2D eigenvalue weighted by molar-refractivity contribution is 5.96. The van der Waals surface area contributed by atoms with E-state index in [1.54, 1.807) is 18.2 Å². The van der Waals surface area contributed by atoms with Crippen molar-refractivity contribution in [1.29, 1.82) is 0 Å². The van der Waals surface area contributed by atoms with Crippen molar-refractivity contribution in [2.75, 3.05) is 25.9 Å². The first-order valence-electron chi connectivity index (χ1n) is 6.60. The highest BCUT2D eigenvalue weighted by Crippen LogP contribution is 2.23. The zero-order valence-electron chi connectivity index (χ0n) is 11.3. The fourth-order valence-corrected chi connectivity index (χ4v) is 2.41. The molecule has 1 atom stereocenters. The number of primary amides is 1. The Kier molecular flexibility index (Phi) is 4.27. The average Bonchev–Trinajstić information content (AvgIpc) is 2.38. The van der Waals surface area contributed by atoms with Crippen molar-refractivity contribution in [3.05, 3.63) is 23.8 Å². The van der Waals surface area contributed by atoms with Crippen molar-refractivity contribution in [2.45, 2.75) is 25.3 Å². The topological polar surface area (TPSA) is 81.6 Å². The second-order valence-electron chi connectivity index (χ2n) is 5.06. The maximum Gasteiger partial charge on any atom is 0.252 e. The minimum Gasteiger partial charge on any atom is -0.491 e. The molecule has 1 unspecified atom stereocenters. The summed E-state index contributed by atoms with van der Waals surface area (Å²) in [7, 11) is 2.10. The van der Waals surface area contributed by atoms with Gasteiger partial charge in [-0.1, -0.05) is 6.42 Å². The van der Waals surface area contributed by atoms with Crippen LogP contribution in [-0.4, -0.2) is 37.0 Å². The number of hydrogen-bond donors (Lipinski definition) is 2. The summed E-state index contributed by atoms with van der Waals surface area (Å²) in [5.74, 6) is -0.0000257. The Morgan fingerprint density at radius 1 is 1.47 bits per heavy atom. The molecule has 1 heterocycles. The van der Waals surface area contributed by atoms with Crippen LogP contribution in [0.5, 0.6) is 5.75 Å². The molecule has 1 aliphatic heterocycles.